The summed E-state index contributed by atoms with van der Waals surface area (Å²) in [5.74, 6) is -0.706. The molecule has 11 nitrogen and oxygen atoms in total. The fourth-order valence-electron chi connectivity index (χ4n) is 11.8. The molecule has 0 bridgehead atoms. The minimum atomic E-state index is -1.67. The van der Waals surface area contributed by atoms with Crippen molar-refractivity contribution < 1.29 is 50.0 Å². The summed E-state index contributed by atoms with van der Waals surface area (Å²) in [6.45, 7) is 3.50. The van der Waals surface area contributed by atoms with Gasteiger partial charge in [0.25, 0.3) is 0 Å². The first-order chi connectivity index (χ1) is 41.2. The molecule has 84 heavy (non-hydrogen) atoms. The van der Waals surface area contributed by atoms with Crippen LogP contribution in [-0.4, -0.2) is 110 Å². The highest BCUT2D eigenvalue weighted by Crippen LogP contribution is 2.24. The van der Waals surface area contributed by atoms with E-state index in [1.54, 1.807) is 0 Å². The number of nitrogens with one attached hydrogen (secondary N) is 1. The fraction of sp³-hybridized carbons (Fsp3) is 0.904. The van der Waals surface area contributed by atoms with Crippen LogP contribution in [0.4, 0.5) is 0 Å². The number of amides is 1. The third kappa shape index (κ3) is 48.3. The minimum Gasteiger partial charge on any atom is -0.394 e. The van der Waals surface area contributed by atoms with Crippen molar-refractivity contribution in [3.63, 3.8) is 0 Å². The molecule has 1 amide bonds. The number of ether oxygens (including phenoxy) is 2. The van der Waals surface area contributed by atoms with Gasteiger partial charge in [-0.3, -0.25) is 4.79 Å². The standard InChI is InChI=1S/C73H139NO10/c1-3-5-7-9-11-13-15-17-19-21-23-25-27-29-31-32-33-35-36-38-40-42-44-46-48-50-52-54-56-58-60-65(76)68(78)64(63-83-73-71(81)70(80)69(79)67(62-75)84-73)74-72(82)66(77)61-59-57-55-53-51-49-47-45-43-41-39-37-34-30-28-26-24-22-20-18-16-14-12-10-8-6-4-2/h30,34,44,46,52,54,64-71,73,75-81H,3-29,31-33,35-43,45,47-51,53,55-63H2,1-2H3,(H,74,82)/b34-30-,46-44+,54-52+. The van der Waals surface area contributed by atoms with Crippen LogP contribution in [0.25, 0.3) is 0 Å². The summed E-state index contributed by atoms with van der Waals surface area (Å²) in [7, 11) is 0. The molecule has 9 unspecified atom stereocenters. The summed E-state index contributed by atoms with van der Waals surface area (Å²) >= 11 is 0. The molecular weight excluding hydrogens is 1050 g/mol. The molecule has 1 rings (SSSR count). The fourth-order valence-corrected chi connectivity index (χ4v) is 11.8. The lowest BCUT2D eigenvalue weighted by Gasteiger charge is -2.40. The summed E-state index contributed by atoms with van der Waals surface area (Å²) in [6.07, 6.45) is 68.1. The maximum absolute atomic E-state index is 13.3. The van der Waals surface area contributed by atoms with Gasteiger partial charge in [-0.05, 0) is 77.0 Å². The van der Waals surface area contributed by atoms with Crippen LogP contribution in [0.2, 0.25) is 0 Å². The predicted octanol–water partition coefficient (Wildman–Crippen LogP) is 17.8. The van der Waals surface area contributed by atoms with Crippen LogP contribution in [0.3, 0.4) is 0 Å². The van der Waals surface area contributed by atoms with E-state index < -0.39 is 74.2 Å². The smallest absolute Gasteiger partial charge is 0.249 e. The van der Waals surface area contributed by atoms with Gasteiger partial charge in [-0.15, -0.1) is 0 Å². The lowest BCUT2D eigenvalue weighted by molar-refractivity contribution is -0.303. The van der Waals surface area contributed by atoms with Gasteiger partial charge < -0.3 is 50.5 Å². The van der Waals surface area contributed by atoms with Crippen LogP contribution in [-0.2, 0) is 14.3 Å². The van der Waals surface area contributed by atoms with Gasteiger partial charge in [-0.1, -0.05) is 314 Å². The molecule has 1 aliphatic rings. The van der Waals surface area contributed by atoms with Gasteiger partial charge in [-0.2, -0.15) is 0 Å². The summed E-state index contributed by atoms with van der Waals surface area (Å²) in [5, 5.41) is 76.5. The molecule has 0 radical (unpaired) electrons. The zero-order valence-corrected chi connectivity index (χ0v) is 54.9. The lowest BCUT2D eigenvalue weighted by Crippen LogP contribution is -2.60. The normalized spacial score (nSPS) is 19.1. The first-order valence-corrected chi connectivity index (χ1v) is 36.4. The van der Waals surface area contributed by atoms with Gasteiger partial charge in [0.1, 0.15) is 36.6 Å². The van der Waals surface area contributed by atoms with Crippen molar-refractivity contribution in [2.24, 2.45) is 0 Å². The second-order valence-corrected chi connectivity index (χ2v) is 25.6. The highest BCUT2D eigenvalue weighted by Gasteiger charge is 2.44. The Morgan fingerprint density at radius 2 is 0.714 bits per heavy atom. The molecular formula is C73H139NO10. The first-order valence-electron chi connectivity index (χ1n) is 36.4. The van der Waals surface area contributed by atoms with Crippen molar-refractivity contribution in [2.45, 2.75) is 409 Å². The molecule has 496 valence electrons. The Morgan fingerprint density at radius 3 is 1.06 bits per heavy atom. The molecule has 1 fully saturated rings. The Balaban J connectivity index is 2.22. The van der Waals surface area contributed by atoms with Gasteiger partial charge in [0.15, 0.2) is 6.29 Å². The molecule has 0 saturated carbocycles. The average Bonchev–Trinajstić information content (AvgIpc) is 3.66. The van der Waals surface area contributed by atoms with Crippen molar-refractivity contribution in [2.75, 3.05) is 13.2 Å². The van der Waals surface area contributed by atoms with Crippen molar-refractivity contribution in [3.8, 4) is 0 Å². The number of unbranched alkanes of at least 4 members (excludes halogenated alkanes) is 46. The summed E-state index contributed by atoms with van der Waals surface area (Å²) in [6, 6.07) is -1.19. The third-order valence-corrected chi connectivity index (χ3v) is 17.6. The Morgan fingerprint density at radius 1 is 0.405 bits per heavy atom. The number of rotatable bonds is 64. The zero-order chi connectivity index (χ0) is 61.0. The van der Waals surface area contributed by atoms with Gasteiger partial charge in [0.05, 0.1) is 25.4 Å². The molecule has 11 heteroatoms. The van der Waals surface area contributed by atoms with E-state index in [0.29, 0.717) is 19.3 Å². The topological polar surface area (TPSA) is 189 Å². The molecule has 1 aliphatic heterocycles. The van der Waals surface area contributed by atoms with Gasteiger partial charge in [0.2, 0.25) is 5.91 Å². The minimum absolute atomic E-state index is 0.247. The first kappa shape index (κ1) is 80.3. The molecule has 0 aromatic rings. The van der Waals surface area contributed by atoms with Crippen LogP contribution in [0.1, 0.15) is 354 Å². The number of carbonyl (C=O) groups excluding carboxylic acids is 1. The van der Waals surface area contributed by atoms with Gasteiger partial charge in [-0.25, -0.2) is 0 Å². The second kappa shape index (κ2) is 61.6. The molecule has 1 saturated heterocycles. The molecule has 9 atom stereocenters. The lowest BCUT2D eigenvalue weighted by atomic mass is 9.98. The van der Waals surface area contributed by atoms with Crippen molar-refractivity contribution in [3.05, 3.63) is 36.5 Å². The van der Waals surface area contributed by atoms with Crippen LogP contribution < -0.4 is 5.32 Å². The Labute approximate surface area is 517 Å². The number of hydrogen-bond donors (Lipinski definition) is 8. The average molecular weight is 1190 g/mol. The largest absolute Gasteiger partial charge is 0.394 e. The highest BCUT2D eigenvalue weighted by atomic mass is 16.7. The number of allylic oxidation sites excluding steroid dienone is 6. The van der Waals surface area contributed by atoms with E-state index in [4.69, 9.17) is 9.47 Å². The Kier molecular flexibility index (Phi) is 58.9. The van der Waals surface area contributed by atoms with Gasteiger partial charge >= 0.3 is 0 Å². The van der Waals surface area contributed by atoms with Crippen LogP contribution in [0.5, 0.6) is 0 Å². The molecule has 1 heterocycles. The molecule has 0 aromatic heterocycles. The Bertz CT molecular complexity index is 1460. The molecule has 8 N–H and O–H groups in total. The quantitative estimate of drug-likeness (QED) is 0.0215. The zero-order valence-electron chi connectivity index (χ0n) is 54.9. The number of aliphatic hydroxyl groups is 7. The number of aliphatic hydroxyl groups excluding tert-OH is 7. The Hall–Kier alpha value is -1.67. The van der Waals surface area contributed by atoms with E-state index in [2.05, 4.69) is 55.6 Å². The number of carbonyl (C=O) groups is 1. The predicted molar refractivity (Wildman–Crippen MR) is 353 cm³/mol. The van der Waals surface area contributed by atoms with E-state index in [0.717, 1.165) is 38.5 Å². The summed E-state index contributed by atoms with van der Waals surface area (Å²) in [5.41, 5.74) is 0. The van der Waals surface area contributed by atoms with E-state index in [9.17, 15) is 40.5 Å². The summed E-state index contributed by atoms with van der Waals surface area (Å²) in [4.78, 5) is 13.3. The van der Waals surface area contributed by atoms with Crippen molar-refractivity contribution >= 4 is 5.91 Å². The van der Waals surface area contributed by atoms with E-state index in [-0.39, 0.29) is 12.8 Å². The monoisotopic (exact) mass is 1190 g/mol. The van der Waals surface area contributed by atoms with Crippen LogP contribution in [0.15, 0.2) is 36.5 Å². The van der Waals surface area contributed by atoms with E-state index in [1.807, 2.05) is 0 Å². The number of hydrogen-bond acceptors (Lipinski definition) is 10. The SMILES string of the molecule is CCCCCCCCCCCCCC/C=C\CCCCCCCCCCCCCC(O)C(=O)NC(COC1OC(CO)C(O)C(O)C1O)C(O)C(O)CCC/C=C/CC/C=C/CCCCCCCCCCCCCCCCCCCCCCC. The molecule has 0 aliphatic carbocycles. The third-order valence-electron chi connectivity index (χ3n) is 17.6. The second-order valence-electron chi connectivity index (χ2n) is 25.6. The van der Waals surface area contributed by atoms with E-state index in [1.165, 1.54) is 270 Å². The maximum Gasteiger partial charge on any atom is 0.249 e. The highest BCUT2D eigenvalue weighted by molar-refractivity contribution is 5.80. The molecule has 0 aromatic carbocycles. The maximum atomic E-state index is 13.3. The molecule has 0 spiro atoms. The van der Waals surface area contributed by atoms with Crippen LogP contribution in [0, 0.1) is 0 Å². The van der Waals surface area contributed by atoms with Crippen molar-refractivity contribution in [1.29, 1.82) is 0 Å². The summed E-state index contributed by atoms with van der Waals surface area (Å²) < 4.78 is 11.2. The van der Waals surface area contributed by atoms with E-state index >= 15 is 0 Å². The van der Waals surface area contributed by atoms with Crippen LogP contribution >= 0.6 is 0 Å². The van der Waals surface area contributed by atoms with Crippen molar-refractivity contribution in [1.82, 2.24) is 5.32 Å². The van der Waals surface area contributed by atoms with Gasteiger partial charge in [0, 0.05) is 0 Å².